The number of nitrogens with one attached hydrogen (secondary N) is 1. The summed E-state index contributed by atoms with van der Waals surface area (Å²) in [4.78, 5) is 27.9. The molecule has 0 radical (unpaired) electrons. The van der Waals surface area contributed by atoms with Crippen LogP contribution in [0.4, 0.5) is 0 Å². The van der Waals surface area contributed by atoms with Gasteiger partial charge in [-0.3, -0.25) is 9.59 Å². The Hall–Kier alpha value is -2.34. The zero-order valence-corrected chi connectivity index (χ0v) is 22.8. The molecule has 6 heteroatoms. The molecule has 0 unspecified atom stereocenters. The van der Waals surface area contributed by atoms with Crippen LogP contribution in [0.3, 0.4) is 0 Å². The van der Waals surface area contributed by atoms with Gasteiger partial charge in [0.05, 0.1) is 4.47 Å². The van der Waals surface area contributed by atoms with Crippen LogP contribution >= 0.6 is 15.9 Å². The highest BCUT2D eigenvalue weighted by molar-refractivity contribution is 9.10. The van der Waals surface area contributed by atoms with Crippen molar-refractivity contribution in [2.45, 2.75) is 71.8 Å². The molecule has 0 fully saturated rings. The Kier molecular flexibility index (Phi) is 11.1. The molecule has 2 aromatic carbocycles. The van der Waals surface area contributed by atoms with Gasteiger partial charge in [-0.25, -0.2) is 0 Å². The Morgan fingerprint density at radius 1 is 1.09 bits per heavy atom. The van der Waals surface area contributed by atoms with Gasteiger partial charge in [-0.05, 0) is 63.9 Å². The van der Waals surface area contributed by atoms with E-state index < -0.39 is 6.04 Å². The monoisotopic (exact) mass is 530 g/mol. The first kappa shape index (κ1) is 27.9. The summed E-state index contributed by atoms with van der Waals surface area (Å²) in [5.41, 5.74) is 2.32. The molecule has 0 heterocycles. The molecule has 5 nitrogen and oxygen atoms in total. The Balaban J connectivity index is 2.14. The van der Waals surface area contributed by atoms with Crippen molar-refractivity contribution >= 4 is 27.7 Å². The van der Waals surface area contributed by atoms with Crippen LogP contribution in [0, 0.1) is 0 Å². The minimum absolute atomic E-state index is 0.0184. The molecule has 0 aromatic heterocycles. The number of halogens is 1. The van der Waals surface area contributed by atoms with E-state index in [0.29, 0.717) is 31.7 Å². The number of rotatable bonds is 12. The number of ether oxygens (including phenoxy) is 1. The normalized spacial score (nSPS) is 12.2. The molecule has 0 bridgehead atoms. The minimum Gasteiger partial charge on any atom is -0.483 e. The zero-order valence-electron chi connectivity index (χ0n) is 21.2. The minimum atomic E-state index is -0.525. The summed E-state index contributed by atoms with van der Waals surface area (Å²) >= 11 is 3.58. The van der Waals surface area contributed by atoms with Crippen LogP contribution in [-0.2, 0) is 21.4 Å². The third kappa shape index (κ3) is 8.46. The molecule has 34 heavy (non-hydrogen) atoms. The molecule has 0 aliphatic rings. The van der Waals surface area contributed by atoms with Crippen molar-refractivity contribution < 1.29 is 14.3 Å². The lowest BCUT2D eigenvalue weighted by Crippen LogP contribution is -2.51. The molecule has 2 aromatic rings. The first-order valence-electron chi connectivity index (χ1n) is 12.2. The third-order valence-corrected chi connectivity index (χ3v) is 6.47. The molecule has 0 spiro atoms. The quantitative estimate of drug-likeness (QED) is 0.348. The van der Waals surface area contributed by atoms with E-state index in [9.17, 15) is 9.59 Å². The smallest absolute Gasteiger partial charge is 0.261 e. The van der Waals surface area contributed by atoms with E-state index in [1.165, 1.54) is 5.56 Å². The second-order valence-electron chi connectivity index (χ2n) is 9.58. The number of benzene rings is 2. The lowest BCUT2D eigenvalue weighted by atomic mass is 9.87. The van der Waals surface area contributed by atoms with Gasteiger partial charge in [0, 0.05) is 13.1 Å². The van der Waals surface area contributed by atoms with Crippen LogP contribution in [0.2, 0.25) is 0 Å². The van der Waals surface area contributed by atoms with E-state index in [-0.39, 0.29) is 23.8 Å². The number of hydrogen-bond donors (Lipinski definition) is 1. The number of carbonyl (C=O) groups is 2. The average Bonchev–Trinajstić information content (AvgIpc) is 2.80. The number of nitrogens with zero attached hydrogens (tertiary/aromatic N) is 1. The second-order valence-corrected chi connectivity index (χ2v) is 10.4. The van der Waals surface area contributed by atoms with Crippen molar-refractivity contribution in [3.8, 4) is 5.75 Å². The van der Waals surface area contributed by atoms with Crippen LogP contribution < -0.4 is 10.1 Å². The third-order valence-electron chi connectivity index (χ3n) is 5.85. The van der Waals surface area contributed by atoms with E-state index in [1.807, 2.05) is 55.5 Å². The molecule has 1 N–H and O–H groups in total. The lowest BCUT2D eigenvalue weighted by Gasteiger charge is -2.30. The summed E-state index contributed by atoms with van der Waals surface area (Å²) in [6.45, 7) is 11.4. The van der Waals surface area contributed by atoms with Crippen LogP contribution in [0.15, 0.2) is 53.0 Å². The Morgan fingerprint density at radius 2 is 1.79 bits per heavy atom. The van der Waals surface area contributed by atoms with E-state index in [1.54, 1.807) is 4.90 Å². The van der Waals surface area contributed by atoms with Crippen molar-refractivity contribution in [1.82, 2.24) is 10.2 Å². The summed E-state index contributed by atoms with van der Waals surface area (Å²) in [6.07, 6.45) is 3.14. The topological polar surface area (TPSA) is 58.6 Å². The SMILES string of the molecule is CCCCNC(=O)[C@H](CC)N(CCc1ccccc1)C(=O)COc1ccc(C(C)(C)C)cc1Br. The van der Waals surface area contributed by atoms with Crippen LogP contribution in [0.5, 0.6) is 5.75 Å². The summed E-state index contributed by atoms with van der Waals surface area (Å²) in [7, 11) is 0. The Labute approximate surface area is 213 Å². The molecule has 1 atom stereocenters. The van der Waals surface area contributed by atoms with Gasteiger partial charge in [0.2, 0.25) is 5.91 Å². The van der Waals surface area contributed by atoms with Crippen LogP contribution in [0.25, 0.3) is 0 Å². The average molecular weight is 532 g/mol. The number of amides is 2. The number of unbranched alkanes of at least 4 members (excludes halogenated alkanes) is 1. The highest BCUT2D eigenvalue weighted by Crippen LogP contribution is 2.31. The van der Waals surface area contributed by atoms with Gasteiger partial charge in [0.1, 0.15) is 11.8 Å². The van der Waals surface area contributed by atoms with Crippen LogP contribution in [0.1, 0.15) is 65.0 Å². The van der Waals surface area contributed by atoms with Crippen molar-refractivity contribution in [2.75, 3.05) is 19.7 Å². The molecule has 0 aliphatic heterocycles. The van der Waals surface area contributed by atoms with E-state index >= 15 is 0 Å². The van der Waals surface area contributed by atoms with E-state index in [4.69, 9.17) is 4.74 Å². The fraction of sp³-hybridized carbons (Fsp3) is 0.500. The van der Waals surface area contributed by atoms with E-state index in [0.717, 1.165) is 22.9 Å². The summed E-state index contributed by atoms with van der Waals surface area (Å²) < 4.78 is 6.72. The maximum atomic E-state index is 13.3. The van der Waals surface area contributed by atoms with E-state index in [2.05, 4.69) is 48.9 Å². The maximum absolute atomic E-state index is 13.3. The predicted molar refractivity (Wildman–Crippen MR) is 142 cm³/mol. The van der Waals surface area contributed by atoms with Crippen LogP contribution in [-0.4, -0.2) is 42.5 Å². The lowest BCUT2D eigenvalue weighted by molar-refractivity contribution is -0.142. The van der Waals surface area contributed by atoms with Gasteiger partial charge in [-0.2, -0.15) is 0 Å². The van der Waals surface area contributed by atoms with Gasteiger partial charge in [-0.15, -0.1) is 0 Å². The van der Waals surface area contributed by atoms with Crippen molar-refractivity contribution in [2.24, 2.45) is 0 Å². The van der Waals surface area contributed by atoms with Crippen molar-refractivity contribution in [3.05, 3.63) is 64.1 Å². The predicted octanol–water partition coefficient (Wildman–Crippen LogP) is 5.89. The first-order chi connectivity index (χ1) is 16.2. The molecule has 0 aliphatic carbocycles. The zero-order chi connectivity index (χ0) is 25.1. The molecule has 186 valence electrons. The van der Waals surface area contributed by atoms with Gasteiger partial charge >= 0.3 is 0 Å². The first-order valence-corrected chi connectivity index (χ1v) is 13.0. The molecule has 0 saturated heterocycles. The largest absolute Gasteiger partial charge is 0.483 e. The van der Waals surface area contributed by atoms with Gasteiger partial charge < -0.3 is 15.0 Å². The Bertz CT molecular complexity index is 925. The van der Waals surface area contributed by atoms with Gasteiger partial charge in [0.15, 0.2) is 6.61 Å². The van der Waals surface area contributed by atoms with Gasteiger partial charge in [0.25, 0.3) is 5.91 Å². The summed E-state index contributed by atoms with van der Waals surface area (Å²) in [5, 5.41) is 2.99. The molecule has 0 saturated carbocycles. The standard InChI is InChI=1S/C28H39BrN2O3/c1-6-8-17-30-27(33)24(7-2)31(18-16-21-12-10-9-11-13-21)26(32)20-34-25-15-14-22(19-23(25)29)28(3,4)5/h9-15,19,24H,6-8,16-18,20H2,1-5H3,(H,30,33)/t24-/m0/s1. The Morgan fingerprint density at radius 3 is 2.38 bits per heavy atom. The molecule has 2 amide bonds. The molecular weight excluding hydrogens is 492 g/mol. The van der Waals surface area contributed by atoms with Crippen molar-refractivity contribution in [3.63, 3.8) is 0 Å². The maximum Gasteiger partial charge on any atom is 0.261 e. The second kappa shape index (κ2) is 13.5. The summed E-state index contributed by atoms with van der Waals surface area (Å²) in [6, 6.07) is 15.4. The molecule has 2 rings (SSSR count). The fourth-order valence-electron chi connectivity index (χ4n) is 3.71. The summed E-state index contributed by atoms with van der Waals surface area (Å²) in [5.74, 6) is 0.318. The number of carbonyl (C=O) groups excluding carboxylic acids is 2. The van der Waals surface area contributed by atoms with Crippen molar-refractivity contribution in [1.29, 1.82) is 0 Å². The molecular formula is C28H39BrN2O3. The number of hydrogen-bond acceptors (Lipinski definition) is 3. The highest BCUT2D eigenvalue weighted by Gasteiger charge is 2.28. The highest BCUT2D eigenvalue weighted by atomic mass is 79.9. The fourth-order valence-corrected chi connectivity index (χ4v) is 4.20. The van der Waals surface area contributed by atoms with Gasteiger partial charge in [-0.1, -0.05) is 77.4 Å².